The fourth-order valence-electron chi connectivity index (χ4n) is 1.77. The molecule has 4 heteroatoms. The molecule has 2 rings (SSSR count). The third-order valence-electron chi connectivity index (χ3n) is 2.46. The zero-order chi connectivity index (χ0) is 12.4. The third-order valence-corrected chi connectivity index (χ3v) is 2.46. The lowest BCUT2D eigenvalue weighted by molar-refractivity contribution is 0.0697. The van der Waals surface area contributed by atoms with Crippen LogP contribution in [0.4, 0.5) is 0 Å². The maximum Gasteiger partial charge on any atom is 0.336 e. The van der Waals surface area contributed by atoms with Gasteiger partial charge in [-0.1, -0.05) is 0 Å². The normalized spacial score (nSPS) is 9.88. The van der Waals surface area contributed by atoms with Crippen LogP contribution in [0, 0.1) is 18.3 Å². The lowest BCUT2D eigenvalue weighted by Gasteiger charge is -2.07. The number of benzene rings is 1. The number of carboxylic acid groups (broad SMARTS) is 1. The van der Waals surface area contributed by atoms with Crippen molar-refractivity contribution >= 4 is 5.97 Å². The van der Waals surface area contributed by atoms with E-state index in [-0.39, 0.29) is 5.56 Å². The molecule has 4 nitrogen and oxygen atoms in total. The first-order valence-corrected chi connectivity index (χ1v) is 4.95. The smallest absolute Gasteiger partial charge is 0.336 e. The van der Waals surface area contributed by atoms with Gasteiger partial charge in [0.15, 0.2) is 0 Å². The van der Waals surface area contributed by atoms with Crippen molar-refractivity contribution in [2.45, 2.75) is 6.92 Å². The molecule has 1 heterocycles. The van der Waals surface area contributed by atoms with E-state index < -0.39 is 5.97 Å². The summed E-state index contributed by atoms with van der Waals surface area (Å²) in [6, 6.07) is 8.33. The molecule has 0 radical (unpaired) electrons. The first-order valence-electron chi connectivity index (χ1n) is 4.95. The van der Waals surface area contributed by atoms with E-state index >= 15 is 0 Å². The highest BCUT2D eigenvalue weighted by Gasteiger charge is 2.17. The van der Waals surface area contributed by atoms with E-state index in [1.54, 1.807) is 25.1 Å². The summed E-state index contributed by atoms with van der Waals surface area (Å²) >= 11 is 0. The van der Waals surface area contributed by atoms with Gasteiger partial charge in [-0.15, -0.1) is 0 Å². The topological polar surface area (TPSA) is 74.2 Å². The molecule has 84 valence electrons. The van der Waals surface area contributed by atoms with Crippen LogP contribution in [-0.4, -0.2) is 11.1 Å². The summed E-state index contributed by atoms with van der Waals surface area (Å²) in [6.45, 7) is 1.76. The van der Waals surface area contributed by atoms with Crippen LogP contribution in [0.15, 0.2) is 34.9 Å². The predicted octanol–water partition coefficient (Wildman–Crippen LogP) is 2.82. The van der Waals surface area contributed by atoms with Crippen LogP contribution in [0.2, 0.25) is 0 Å². The average molecular weight is 227 g/mol. The van der Waals surface area contributed by atoms with Crippen LogP contribution in [0.5, 0.6) is 0 Å². The van der Waals surface area contributed by atoms with E-state index in [9.17, 15) is 4.79 Å². The van der Waals surface area contributed by atoms with Gasteiger partial charge >= 0.3 is 5.97 Å². The summed E-state index contributed by atoms with van der Waals surface area (Å²) in [5.41, 5.74) is 1.63. The Hall–Kier alpha value is -2.54. The number of aromatic carboxylic acids is 1. The maximum absolute atomic E-state index is 11.2. The molecule has 17 heavy (non-hydrogen) atoms. The van der Waals surface area contributed by atoms with E-state index in [4.69, 9.17) is 14.8 Å². The lowest BCUT2D eigenvalue weighted by Crippen LogP contribution is -2.02. The minimum atomic E-state index is -1.07. The summed E-state index contributed by atoms with van der Waals surface area (Å²) < 4.78 is 5.22. The van der Waals surface area contributed by atoms with Gasteiger partial charge in [0.2, 0.25) is 0 Å². The largest absolute Gasteiger partial charge is 0.478 e. The van der Waals surface area contributed by atoms with E-state index in [0.29, 0.717) is 22.5 Å². The van der Waals surface area contributed by atoms with Gasteiger partial charge < -0.3 is 9.52 Å². The molecule has 2 aromatic rings. The fraction of sp³-hybridized carbons (Fsp3) is 0.0769. The Kier molecular flexibility index (Phi) is 2.67. The molecule has 0 spiro atoms. The minimum absolute atomic E-state index is 0.0801. The molecule has 0 saturated heterocycles. The van der Waals surface area contributed by atoms with E-state index in [1.807, 2.05) is 6.07 Å². The summed E-state index contributed by atoms with van der Waals surface area (Å²) in [5, 5.41) is 18.0. The second-order valence-electron chi connectivity index (χ2n) is 3.61. The van der Waals surface area contributed by atoms with Crippen molar-refractivity contribution in [3.8, 4) is 17.4 Å². The molecule has 0 bridgehead atoms. The van der Waals surface area contributed by atoms with Crippen LogP contribution in [-0.2, 0) is 0 Å². The maximum atomic E-state index is 11.2. The van der Waals surface area contributed by atoms with E-state index in [1.165, 1.54) is 12.3 Å². The van der Waals surface area contributed by atoms with Crippen molar-refractivity contribution in [3.05, 3.63) is 47.2 Å². The van der Waals surface area contributed by atoms with E-state index in [0.717, 1.165) is 0 Å². The molecule has 0 unspecified atom stereocenters. The Morgan fingerprint density at radius 3 is 2.76 bits per heavy atom. The Bertz CT molecular complexity index is 606. The molecule has 0 amide bonds. The third kappa shape index (κ3) is 1.91. The Morgan fingerprint density at radius 1 is 1.47 bits per heavy atom. The summed E-state index contributed by atoms with van der Waals surface area (Å²) in [7, 11) is 0. The Labute approximate surface area is 97.7 Å². The highest BCUT2D eigenvalue weighted by molar-refractivity contribution is 5.96. The van der Waals surface area contributed by atoms with Gasteiger partial charge in [0.25, 0.3) is 0 Å². The average Bonchev–Trinajstić information content (AvgIpc) is 2.80. The molecule has 1 aromatic carbocycles. The number of hydrogen-bond donors (Lipinski definition) is 1. The molecule has 0 atom stereocenters. The summed E-state index contributed by atoms with van der Waals surface area (Å²) in [5.74, 6) is -0.582. The predicted molar refractivity (Wildman–Crippen MR) is 60.6 cm³/mol. The number of nitriles is 1. The standard InChI is InChI=1S/C13H9NO3/c1-8-5-9(7-14)6-10(13(15)16)12(8)11-3-2-4-17-11/h2-6H,1H3,(H,15,16). The molecule has 0 aliphatic heterocycles. The van der Waals surface area contributed by atoms with Crippen molar-refractivity contribution < 1.29 is 14.3 Å². The Morgan fingerprint density at radius 2 is 2.24 bits per heavy atom. The van der Waals surface area contributed by atoms with Crippen molar-refractivity contribution in [2.24, 2.45) is 0 Å². The number of hydrogen-bond acceptors (Lipinski definition) is 3. The molecule has 0 fully saturated rings. The fourth-order valence-corrected chi connectivity index (χ4v) is 1.77. The second kappa shape index (κ2) is 4.14. The lowest BCUT2D eigenvalue weighted by atomic mass is 9.97. The molecule has 1 aromatic heterocycles. The highest BCUT2D eigenvalue weighted by Crippen LogP contribution is 2.29. The molecule has 0 saturated carbocycles. The first kappa shape index (κ1) is 11.0. The van der Waals surface area contributed by atoms with Crippen molar-refractivity contribution in [3.63, 3.8) is 0 Å². The number of rotatable bonds is 2. The minimum Gasteiger partial charge on any atom is -0.478 e. The molecular formula is C13H9NO3. The second-order valence-corrected chi connectivity index (χ2v) is 3.61. The van der Waals surface area contributed by atoms with Gasteiger partial charge in [0.05, 0.1) is 23.5 Å². The summed E-state index contributed by atoms with van der Waals surface area (Å²) in [6.07, 6.45) is 1.48. The monoisotopic (exact) mass is 227 g/mol. The first-order chi connectivity index (χ1) is 8.13. The zero-order valence-electron chi connectivity index (χ0n) is 9.10. The van der Waals surface area contributed by atoms with Crippen molar-refractivity contribution in [1.29, 1.82) is 5.26 Å². The number of aryl methyl sites for hydroxylation is 1. The van der Waals surface area contributed by atoms with Gasteiger partial charge in [-0.05, 0) is 36.8 Å². The van der Waals surface area contributed by atoms with E-state index in [2.05, 4.69) is 0 Å². The molecule has 0 aliphatic rings. The van der Waals surface area contributed by atoms with Crippen molar-refractivity contribution in [2.75, 3.05) is 0 Å². The molecule has 0 aliphatic carbocycles. The highest BCUT2D eigenvalue weighted by atomic mass is 16.4. The zero-order valence-corrected chi connectivity index (χ0v) is 9.10. The number of carbonyl (C=O) groups is 1. The van der Waals surface area contributed by atoms with Gasteiger partial charge in [-0.25, -0.2) is 4.79 Å². The van der Waals surface area contributed by atoms with Crippen LogP contribution < -0.4 is 0 Å². The van der Waals surface area contributed by atoms with Gasteiger partial charge in [-0.3, -0.25) is 0 Å². The number of carboxylic acids is 1. The van der Waals surface area contributed by atoms with Crippen LogP contribution in [0.1, 0.15) is 21.5 Å². The van der Waals surface area contributed by atoms with Gasteiger partial charge in [0.1, 0.15) is 5.76 Å². The summed E-state index contributed by atoms with van der Waals surface area (Å²) in [4.78, 5) is 11.2. The van der Waals surface area contributed by atoms with Crippen molar-refractivity contribution in [1.82, 2.24) is 0 Å². The number of furan rings is 1. The quantitative estimate of drug-likeness (QED) is 0.855. The Balaban J connectivity index is 2.74. The van der Waals surface area contributed by atoms with Crippen LogP contribution >= 0.6 is 0 Å². The molecule has 1 N–H and O–H groups in total. The van der Waals surface area contributed by atoms with Crippen LogP contribution in [0.3, 0.4) is 0 Å². The SMILES string of the molecule is Cc1cc(C#N)cc(C(=O)O)c1-c1ccco1. The number of nitrogens with zero attached hydrogens (tertiary/aromatic N) is 1. The van der Waals surface area contributed by atoms with Gasteiger partial charge in [-0.2, -0.15) is 5.26 Å². The van der Waals surface area contributed by atoms with Gasteiger partial charge in [0, 0.05) is 5.56 Å². The molecular weight excluding hydrogens is 218 g/mol. The van der Waals surface area contributed by atoms with Crippen LogP contribution in [0.25, 0.3) is 11.3 Å².